The number of hydrogen-bond donors (Lipinski definition) is 1. The zero-order chi connectivity index (χ0) is 11.1. The summed E-state index contributed by atoms with van der Waals surface area (Å²) in [4.78, 5) is 5.21. The van der Waals surface area contributed by atoms with Crippen LogP contribution < -0.4 is 5.48 Å². The maximum Gasteiger partial charge on any atom is 0.0916 e. The van der Waals surface area contributed by atoms with Gasteiger partial charge in [-0.3, -0.25) is 4.84 Å². The number of hydroxylamine groups is 1. The minimum absolute atomic E-state index is 0.112. The third kappa shape index (κ3) is 4.62. The van der Waals surface area contributed by atoms with Gasteiger partial charge < -0.3 is 4.74 Å². The van der Waals surface area contributed by atoms with E-state index in [1.807, 2.05) is 31.2 Å². The molecule has 3 nitrogen and oxygen atoms in total. The summed E-state index contributed by atoms with van der Waals surface area (Å²) in [5, 5.41) is 0.734. The van der Waals surface area contributed by atoms with E-state index in [0.717, 1.165) is 10.6 Å². The van der Waals surface area contributed by atoms with Gasteiger partial charge in [-0.15, -0.1) is 0 Å². The minimum atomic E-state index is 0.112. The van der Waals surface area contributed by atoms with Crippen LogP contribution in [-0.2, 0) is 9.57 Å². The number of hydrogen-bond acceptors (Lipinski definition) is 3. The highest BCUT2D eigenvalue weighted by molar-refractivity contribution is 6.30. The Morgan fingerprint density at radius 1 is 1.40 bits per heavy atom. The van der Waals surface area contributed by atoms with Crippen LogP contribution in [0.1, 0.15) is 18.5 Å². The van der Waals surface area contributed by atoms with Crippen molar-refractivity contribution in [2.45, 2.75) is 13.0 Å². The van der Waals surface area contributed by atoms with Crippen molar-refractivity contribution in [2.75, 3.05) is 20.3 Å². The summed E-state index contributed by atoms with van der Waals surface area (Å²) in [6.45, 7) is 3.12. The molecule has 1 atom stereocenters. The van der Waals surface area contributed by atoms with E-state index in [-0.39, 0.29) is 6.04 Å². The number of rotatable bonds is 6. The Labute approximate surface area is 95.3 Å². The molecule has 4 heteroatoms. The Morgan fingerprint density at radius 2 is 2.20 bits per heavy atom. The average Bonchev–Trinajstić information content (AvgIpc) is 2.24. The van der Waals surface area contributed by atoms with Gasteiger partial charge in [-0.1, -0.05) is 23.7 Å². The van der Waals surface area contributed by atoms with E-state index in [0.29, 0.717) is 13.2 Å². The molecule has 0 saturated heterocycles. The summed E-state index contributed by atoms with van der Waals surface area (Å²) in [5.41, 5.74) is 4.02. The van der Waals surface area contributed by atoms with Gasteiger partial charge in [-0.2, -0.15) is 5.48 Å². The molecule has 0 fully saturated rings. The number of nitrogens with one attached hydrogen (secondary N) is 1. The highest BCUT2D eigenvalue weighted by Gasteiger charge is 2.04. The van der Waals surface area contributed by atoms with Crippen molar-refractivity contribution >= 4 is 11.6 Å². The third-order valence-electron chi connectivity index (χ3n) is 2.00. The van der Waals surface area contributed by atoms with Gasteiger partial charge in [0.1, 0.15) is 0 Å². The molecule has 0 radical (unpaired) electrons. The van der Waals surface area contributed by atoms with Crippen molar-refractivity contribution in [2.24, 2.45) is 0 Å². The maximum absolute atomic E-state index is 5.88. The third-order valence-corrected chi connectivity index (χ3v) is 2.23. The van der Waals surface area contributed by atoms with Crippen LogP contribution in [0.15, 0.2) is 24.3 Å². The van der Waals surface area contributed by atoms with Crippen molar-refractivity contribution in [3.63, 3.8) is 0 Å². The Balaban J connectivity index is 2.36. The fraction of sp³-hybridized carbons (Fsp3) is 0.455. The molecule has 0 spiro atoms. The van der Waals surface area contributed by atoms with E-state index < -0.39 is 0 Å². The number of benzene rings is 1. The summed E-state index contributed by atoms with van der Waals surface area (Å²) < 4.78 is 4.86. The molecule has 1 aromatic carbocycles. The molecule has 0 saturated carbocycles. The van der Waals surface area contributed by atoms with Crippen LogP contribution in [0, 0.1) is 0 Å². The summed E-state index contributed by atoms with van der Waals surface area (Å²) in [6.07, 6.45) is 0. The standard InChI is InChI=1S/C11H16ClNO2/c1-9(13-15-7-6-14-2)10-4-3-5-11(12)8-10/h3-5,8-9,13H,6-7H2,1-2H3. The van der Waals surface area contributed by atoms with E-state index in [1.54, 1.807) is 7.11 Å². The summed E-state index contributed by atoms with van der Waals surface area (Å²) in [7, 11) is 1.64. The average molecular weight is 230 g/mol. The largest absolute Gasteiger partial charge is 0.382 e. The molecule has 1 aromatic rings. The van der Waals surface area contributed by atoms with Gasteiger partial charge >= 0.3 is 0 Å². The van der Waals surface area contributed by atoms with E-state index in [4.69, 9.17) is 21.2 Å². The van der Waals surface area contributed by atoms with Gasteiger partial charge in [0.25, 0.3) is 0 Å². The molecular formula is C11H16ClNO2. The predicted octanol–water partition coefficient (Wildman–Crippen LogP) is 2.57. The van der Waals surface area contributed by atoms with Crippen molar-refractivity contribution in [3.05, 3.63) is 34.9 Å². The predicted molar refractivity (Wildman–Crippen MR) is 60.8 cm³/mol. The van der Waals surface area contributed by atoms with Crippen molar-refractivity contribution < 1.29 is 9.57 Å². The van der Waals surface area contributed by atoms with Crippen LogP contribution in [0.2, 0.25) is 5.02 Å². The molecule has 0 bridgehead atoms. The molecule has 0 aromatic heterocycles. The number of halogens is 1. The molecule has 0 heterocycles. The molecule has 0 amide bonds. The van der Waals surface area contributed by atoms with E-state index >= 15 is 0 Å². The summed E-state index contributed by atoms with van der Waals surface area (Å²) in [5.74, 6) is 0. The second-order valence-electron chi connectivity index (χ2n) is 3.24. The Kier molecular flexibility index (Phi) is 5.65. The first-order valence-electron chi connectivity index (χ1n) is 4.85. The Hall–Kier alpha value is -0.610. The number of methoxy groups -OCH3 is 1. The van der Waals surface area contributed by atoms with Crippen LogP contribution in [0.5, 0.6) is 0 Å². The molecule has 1 rings (SSSR count). The van der Waals surface area contributed by atoms with Crippen molar-refractivity contribution in [1.29, 1.82) is 0 Å². The van der Waals surface area contributed by atoms with Crippen molar-refractivity contribution in [3.8, 4) is 0 Å². The van der Waals surface area contributed by atoms with Crippen molar-refractivity contribution in [1.82, 2.24) is 5.48 Å². The van der Waals surface area contributed by atoms with E-state index in [2.05, 4.69) is 5.48 Å². The molecule has 1 N–H and O–H groups in total. The first-order chi connectivity index (χ1) is 7.24. The Bertz CT molecular complexity index is 294. The second-order valence-corrected chi connectivity index (χ2v) is 3.67. The smallest absolute Gasteiger partial charge is 0.0916 e. The second kappa shape index (κ2) is 6.80. The molecule has 84 valence electrons. The van der Waals surface area contributed by atoms with Crippen LogP contribution >= 0.6 is 11.6 Å². The van der Waals surface area contributed by atoms with Crippen LogP contribution in [0.3, 0.4) is 0 Å². The lowest BCUT2D eigenvalue weighted by molar-refractivity contribution is -0.00924. The maximum atomic E-state index is 5.88. The molecule has 15 heavy (non-hydrogen) atoms. The van der Waals surface area contributed by atoms with Crippen LogP contribution in [0.4, 0.5) is 0 Å². The lowest BCUT2D eigenvalue weighted by Crippen LogP contribution is -2.21. The van der Waals surface area contributed by atoms with E-state index in [1.165, 1.54) is 0 Å². The number of ether oxygens (including phenoxy) is 1. The van der Waals surface area contributed by atoms with Gasteiger partial charge in [0.15, 0.2) is 0 Å². The van der Waals surface area contributed by atoms with Gasteiger partial charge in [0.05, 0.1) is 19.3 Å². The molecule has 0 aliphatic rings. The fourth-order valence-electron chi connectivity index (χ4n) is 1.15. The summed E-state index contributed by atoms with van der Waals surface area (Å²) in [6, 6.07) is 7.80. The molecular weight excluding hydrogens is 214 g/mol. The lowest BCUT2D eigenvalue weighted by atomic mass is 10.1. The van der Waals surface area contributed by atoms with Crippen LogP contribution in [0.25, 0.3) is 0 Å². The highest BCUT2D eigenvalue weighted by atomic mass is 35.5. The van der Waals surface area contributed by atoms with Crippen LogP contribution in [-0.4, -0.2) is 20.3 Å². The monoisotopic (exact) mass is 229 g/mol. The Morgan fingerprint density at radius 3 is 2.87 bits per heavy atom. The summed E-state index contributed by atoms with van der Waals surface area (Å²) >= 11 is 5.88. The fourth-order valence-corrected chi connectivity index (χ4v) is 1.35. The lowest BCUT2D eigenvalue weighted by Gasteiger charge is -2.14. The van der Waals surface area contributed by atoms with Gasteiger partial charge in [-0.05, 0) is 24.6 Å². The van der Waals surface area contributed by atoms with E-state index in [9.17, 15) is 0 Å². The zero-order valence-corrected chi connectivity index (χ0v) is 9.75. The molecule has 1 unspecified atom stereocenters. The quantitative estimate of drug-likeness (QED) is 0.601. The van der Waals surface area contributed by atoms with Gasteiger partial charge in [-0.25, -0.2) is 0 Å². The zero-order valence-electron chi connectivity index (χ0n) is 9.00. The minimum Gasteiger partial charge on any atom is -0.382 e. The topological polar surface area (TPSA) is 30.5 Å². The molecule has 0 aliphatic heterocycles. The first kappa shape index (κ1) is 12.5. The normalized spacial score (nSPS) is 12.7. The SMILES string of the molecule is COCCONC(C)c1cccc(Cl)c1. The van der Waals surface area contributed by atoms with Gasteiger partial charge in [0.2, 0.25) is 0 Å². The highest BCUT2D eigenvalue weighted by Crippen LogP contribution is 2.16. The molecule has 0 aliphatic carbocycles. The van der Waals surface area contributed by atoms with Gasteiger partial charge in [0, 0.05) is 12.1 Å². The first-order valence-corrected chi connectivity index (χ1v) is 5.23.